The number of rotatable bonds is 6. The predicted octanol–water partition coefficient (Wildman–Crippen LogP) is 2.90. The summed E-state index contributed by atoms with van der Waals surface area (Å²) in [6, 6.07) is 7.30. The van der Waals surface area contributed by atoms with Gasteiger partial charge in [-0.3, -0.25) is 4.99 Å². The smallest absolute Gasteiger partial charge is 0.188 e. The molecule has 0 fully saturated rings. The first-order valence-electron chi connectivity index (χ1n) is 6.00. The standard InChI is InChI=1S/C13H20ClN3O.HI/c1-10(2)9-17-13(15)16-6-7-18-12-5-3-4-11(14)8-12;/h3-5,8,10H,6-7,9H2,1-2H3,(H3,15,16,17);1H. The third-order valence-corrected chi connectivity index (χ3v) is 2.33. The quantitative estimate of drug-likeness (QED) is 0.336. The molecule has 1 rings (SSSR count). The number of nitrogens with zero attached hydrogens (tertiary/aromatic N) is 1. The van der Waals surface area contributed by atoms with E-state index >= 15 is 0 Å². The number of ether oxygens (including phenoxy) is 1. The van der Waals surface area contributed by atoms with Crippen molar-refractivity contribution in [1.29, 1.82) is 0 Å². The maximum absolute atomic E-state index is 5.84. The van der Waals surface area contributed by atoms with Gasteiger partial charge in [-0.15, -0.1) is 24.0 Å². The van der Waals surface area contributed by atoms with Crippen molar-refractivity contribution in [3.63, 3.8) is 0 Å². The highest BCUT2D eigenvalue weighted by molar-refractivity contribution is 14.0. The second kappa shape index (κ2) is 10.1. The van der Waals surface area contributed by atoms with Crippen LogP contribution < -0.4 is 15.8 Å². The molecule has 0 bridgehead atoms. The zero-order valence-corrected chi connectivity index (χ0v) is 14.3. The Labute approximate surface area is 136 Å². The molecule has 0 saturated carbocycles. The summed E-state index contributed by atoms with van der Waals surface area (Å²) in [5, 5.41) is 3.66. The van der Waals surface area contributed by atoms with Crippen LogP contribution in [0.2, 0.25) is 5.02 Å². The van der Waals surface area contributed by atoms with Crippen molar-refractivity contribution >= 4 is 41.5 Å². The number of nitrogens with two attached hydrogens (primary N) is 1. The molecule has 4 nitrogen and oxygen atoms in total. The Morgan fingerprint density at radius 2 is 2.21 bits per heavy atom. The minimum Gasteiger partial charge on any atom is -0.492 e. The van der Waals surface area contributed by atoms with Gasteiger partial charge in [0.1, 0.15) is 12.4 Å². The van der Waals surface area contributed by atoms with E-state index in [0.29, 0.717) is 30.1 Å². The van der Waals surface area contributed by atoms with Gasteiger partial charge in [0.25, 0.3) is 0 Å². The lowest BCUT2D eigenvalue weighted by Crippen LogP contribution is -2.35. The molecule has 0 saturated heterocycles. The van der Waals surface area contributed by atoms with Gasteiger partial charge in [0.15, 0.2) is 5.96 Å². The monoisotopic (exact) mass is 397 g/mol. The van der Waals surface area contributed by atoms with Crippen LogP contribution in [0.5, 0.6) is 5.75 Å². The average Bonchev–Trinajstić information content (AvgIpc) is 2.32. The molecular formula is C13H21ClIN3O. The zero-order valence-electron chi connectivity index (χ0n) is 11.2. The molecule has 0 aliphatic carbocycles. The number of halogens is 2. The fourth-order valence-electron chi connectivity index (χ4n) is 1.24. The molecule has 6 heteroatoms. The molecule has 3 N–H and O–H groups in total. The highest BCUT2D eigenvalue weighted by Crippen LogP contribution is 2.16. The van der Waals surface area contributed by atoms with Crippen LogP contribution in [0.25, 0.3) is 0 Å². The van der Waals surface area contributed by atoms with Gasteiger partial charge in [-0.1, -0.05) is 31.5 Å². The van der Waals surface area contributed by atoms with Crippen LogP contribution >= 0.6 is 35.6 Å². The van der Waals surface area contributed by atoms with Gasteiger partial charge in [0, 0.05) is 11.6 Å². The summed E-state index contributed by atoms with van der Waals surface area (Å²) < 4.78 is 5.51. The first-order chi connectivity index (χ1) is 8.58. The van der Waals surface area contributed by atoms with Crippen LogP contribution in [0, 0.1) is 5.92 Å². The summed E-state index contributed by atoms with van der Waals surface area (Å²) in [6.45, 7) is 6.05. The van der Waals surface area contributed by atoms with Gasteiger partial charge < -0.3 is 15.8 Å². The molecule has 0 unspecified atom stereocenters. The lowest BCUT2D eigenvalue weighted by Gasteiger charge is -2.08. The van der Waals surface area contributed by atoms with Gasteiger partial charge in [-0.2, -0.15) is 0 Å². The molecule has 1 aromatic rings. The third-order valence-electron chi connectivity index (χ3n) is 2.10. The first-order valence-corrected chi connectivity index (χ1v) is 6.38. The fraction of sp³-hybridized carbons (Fsp3) is 0.462. The van der Waals surface area contributed by atoms with Crippen LogP contribution in [-0.4, -0.2) is 25.7 Å². The van der Waals surface area contributed by atoms with E-state index in [4.69, 9.17) is 22.1 Å². The molecule has 19 heavy (non-hydrogen) atoms. The van der Waals surface area contributed by atoms with Crippen LogP contribution in [0.4, 0.5) is 0 Å². The summed E-state index contributed by atoms with van der Waals surface area (Å²) in [5.41, 5.74) is 5.69. The zero-order chi connectivity index (χ0) is 13.4. The van der Waals surface area contributed by atoms with E-state index in [-0.39, 0.29) is 24.0 Å². The van der Waals surface area contributed by atoms with E-state index in [1.54, 1.807) is 6.07 Å². The molecule has 0 aliphatic heterocycles. The Morgan fingerprint density at radius 1 is 1.47 bits per heavy atom. The topological polar surface area (TPSA) is 59.6 Å². The molecular weight excluding hydrogens is 377 g/mol. The molecule has 0 radical (unpaired) electrons. The Morgan fingerprint density at radius 3 is 2.84 bits per heavy atom. The number of hydrogen-bond acceptors (Lipinski definition) is 2. The summed E-state index contributed by atoms with van der Waals surface area (Å²) in [7, 11) is 0. The molecule has 0 atom stereocenters. The maximum Gasteiger partial charge on any atom is 0.188 e. The number of benzene rings is 1. The van der Waals surface area contributed by atoms with E-state index in [1.807, 2.05) is 18.2 Å². The molecule has 0 amide bonds. The van der Waals surface area contributed by atoms with Crippen molar-refractivity contribution in [3.8, 4) is 5.75 Å². The molecule has 108 valence electrons. The lowest BCUT2D eigenvalue weighted by atomic mass is 10.2. The van der Waals surface area contributed by atoms with Crippen LogP contribution in [-0.2, 0) is 0 Å². The van der Waals surface area contributed by atoms with Gasteiger partial charge in [-0.25, -0.2) is 0 Å². The summed E-state index contributed by atoms with van der Waals surface area (Å²) in [6.07, 6.45) is 0. The fourth-order valence-corrected chi connectivity index (χ4v) is 1.42. The second-order valence-electron chi connectivity index (χ2n) is 4.35. The van der Waals surface area contributed by atoms with Crippen molar-refractivity contribution in [2.75, 3.05) is 19.7 Å². The summed E-state index contributed by atoms with van der Waals surface area (Å²) in [5.74, 6) is 1.72. The van der Waals surface area contributed by atoms with E-state index in [1.165, 1.54) is 0 Å². The largest absolute Gasteiger partial charge is 0.492 e. The molecule has 0 aromatic heterocycles. The molecule has 0 spiro atoms. The average molecular weight is 398 g/mol. The minimum absolute atomic E-state index is 0. The van der Waals surface area contributed by atoms with E-state index in [0.717, 1.165) is 12.3 Å². The van der Waals surface area contributed by atoms with E-state index < -0.39 is 0 Å². The van der Waals surface area contributed by atoms with Gasteiger partial charge in [-0.05, 0) is 24.1 Å². The van der Waals surface area contributed by atoms with Crippen LogP contribution in [0.1, 0.15) is 13.8 Å². The lowest BCUT2D eigenvalue weighted by molar-refractivity contribution is 0.322. The van der Waals surface area contributed by atoms with Crippen LogP contribution in [0.15, 0.2) is 29.3 Å². The Bertz CT molecular complexity index is 399. The Hall–Kier alpha value is -0.690. The van der Waals surface area contributed by atoms with E-state index in [9.17, 15) is 0 Å². The normalized spacial score (nSPS) is 11.1. The highest BCUT2D eigenvalue weighted by Gasteiger charge is 1.96. The van der Waals surface area contributed by atoms with Gasteiger partial charge >= 0.3 is 0 Å². The number of aliphatic imine (C=N–C) groups is 1. The maximum atomic E-state index is 5.84. The van der Waals surface area contributed by atoms with Gasteiger partial charge in [0.05, 0.1) is 6.54 Å². The van der Waals surface area contributed by atoms with E-state index in [2.05, 4.69) is 24.2 Å². The SMILES string of the molecule is CC(C)CN=C(N)NCCOc1cccc(Cl)c1.I. The van der Waals surface area contributed by atoms with Crippen molar-refractivity contribution in [2.24, 2.45) is 16.6 Å². The molecule has 0 aliphatic rings. The Balaban J connectivity index is 0.00000324. The highest BCUT2D eigenvalue weighted by atomic mass is 127. The van der Waals surface area contributed by atoms with Crippen molar-refractivity contribution in [1.82, 2.24) is 5.32 Å². The first kappa shape index (κ1) is 18.3. The summed E-state index contributed by atoms with van der Waals surface area (Å²) in [4.78, 5) is 4.19. The Kier molecular flexibility index (Phi) is 9.77. The molecule has 0 heterocycles. The van der Waals surface area contributed by atoms with Crippen LogP contribution in [0.3, 0.4) is 0 Å². The number of nitrogens with one attached hydrogen (secondary N) is 1. The van der Waals surface area contributed by atoms with Crippen molar-refractivity contribution in [3.05, 3.63) is 29.3 Å². The molecule has 1 aromatic carbocycles. The summed E-state index contributed by atoms with van der Waals surface area (Å²) >= 11 is 5.84. The van der Waals surface area contributed by atoms with Crippen molar-refractivity contribution < 1.29 is 4.74 Å². The second-order valence-corrected chi connectivity index (χ2v) is 4.79. The minimum atomic E-state index is 0. The number of hydrogen-bond donors (Lipinski definition) is 2. The number of guanidine groups is 1. The van der Waals surface area contributed by atoms with Crippen molar-refractivity contribution in [2.45, 2.75) is 13.8 Å². The third kappa shape index (κ3) is 8.93. The van der Waals surface area contributed by atoms with Gasteiger partial charge in [0.2, 0.25) is 0 Å². The predicted molar refractivity (Wildman–Crippen MR) is 91.7 cm³/mol.